The summed E-state index contributed by atoms with van der Waals surface area (Å²) in [4.78, 5) is 0. The molecule has 3 heteroatoms. The van der Waals surface area contributed by atoms with Crippen LogP contribution in [0.25, 0.3) is 0 Å². The molecule has 104 valence electrons. The van der Waals surface area contributed by atoms with Gasteiger partial charge < -0.3 is 10.1 Å². The maximum absolute atomic E-state index is 5.24. The molecule has 0 saturated heterocycles. The summed E-state index contributed by atoms with van der Waals surface area (Å²) >= 11 is 2.03. The van der Waals surface area contributed by atoms with Gasteiger partial charge in [-0.15, -0.1) is 0 Å². The van der Waals surface area contributed by atoms with Crippen molar-refractivity contribution >= 4 is 11.8 Å². The first-order valence-electron chi connectivity index (χ1n) is 7.19. The second-order valence-corrected chi connectivity index (χ2v) is 7.13. The molecule has 2 nitrogen and oxygen atoms in total. The molecule has 2 aliphatic rings. The highest BCUT2D eigenvalue weighted by Gasteiger charge is 2.43. The van der Waals surface area contributed by atoms with Gasteiger partial charge in [-0.3, -0.25) is 0 Å². The first-order valence-corrected chi connectivity index (χ1v) is 8.41. The molecule has 1 unspecified atom stereocenters. The van der Waals surface area contributed by atoms with Gasteiger partial charge >= 0.3 is 0 Å². The summed E-state index contributed by atoms with van der Waals surface area (Å²) in [5.41, 5.74) is 1.42. The molecule has 2 saturated carbocycles. The predicted molar refractivity (Wildman–Crippen MR) is 81.9 cm³/mol. The van der Waals surface area contributed by atoms with E-state index in [0.29, 0.717) is 10.8 Å². The zero-order valence-electron chi connectivity index (χ0n) is 11.8. The minimum absolute atomic E-state index is 0.538. The maximum atomic E-state index is 5.24. The Labute approximate surface area is 120 Å². The van der Waals surface area contributed by atoms with E-state index in [2.05, 4.69) is 35.8 Å². The van der Waals surface area contributed by atoms with Crippen molar-refractivity contribution in [3.05, 3.63) is 29.8 Å². The van der Waals surface area contributed by atoms with Crippen LogP contribution in [0.3, 0.4) is 0 Å². The summed E-state index contributed by atoms with van der Waals surface area (Å²) in [6.07, 6.45) is 7.74. The minimum atomic E-state index is 0.538. The fraction of sp³-hybridized carbons (Fsp3) is 0.625. The number of ether oxygens (including phenoxy) is 1. The standard InChI is InChI=1S/C16H23NOS/c1-18-14-7-5-13(6-8-14)15(12-3-4-12)17-11-16(19-2)9-10-16/h5-8,12,15,17H,3-4,9-11H2,1-2H3. The number of hydrogen-bond donors (Lipinski definition) is 1. The van der Waals surface area contributed by atoms with Crippen molar-refractivity contribution in [1.82, 2.24) is 5.32 Å². The molecule has 0 heterocycles. The van der Waals surface area contributed by atoms with Gasteiger partial charge in [0.15, 0.2) is 0 Å². The van der Waals surface area contributed by atoms with Crippen LogP contribution >= 0.6 is 11.8 Å². The molecule has 0 aliphatic heterocycles. The fourth-order valence-corrected chi connectivity index (χ4v) is 3.42. The Kier molecular flexibility index (Phi) is 3.77. The highest BCUT2D eigenvalue weighted by molar-refractivity contribution is 8.00. The van der Waals surface area contributed by atoms with E-state index in [1.807, 2.05) is 11.8 Å². The van der Waals surface area contributed by atoms with Crippen molar-refractivity contribution in [2.45, 2.75) is 36.5 Å². The topological polar surface area (TPSA) is 21.3 Å². The van der Waals surface area contributed by atoms with Crippen molar-refractivity contribution in [2.24, 2.45) is 5.92 Å². The summed E-state index contributed by atoms with van der Waals surface area (Å²) < 4.78 is 5.78. The van der Waals surface area contributed by atoms with Gasteiger partial charge in [0.05, 0.1) is 7.11 Å². The summed E-state index contributed by atoms with van der Waals surface area (Å²) in [7, 11) is 1.72. The Balaban J connectivity index is 1.66. The van der Waals surface area contributed by atoms with E-state index in [0.717, 1.165) is 18.2 Å². The van der Waals surface area contributed by atoms with Crippen LogP contribution in [-0.4, -0.2) is 24.7 Å². The number of rotatable bonds is 7. The Morgan fingerprint density at radius 1 is 1.32 bits per heavy atom. The van der Waals surface area contributed by atoms with E-state index >= 15 is 0 Å². The Hall–Kier alpha value is -0.670. The smallest absolute Gasteiger partial charge is 0.118 e. The molecule has 19 heavy (non-hydrogen) atoms. The highest BCUT2D eigenvalue weighted by Crippen LogP contribution is 2.48. The molecule has 0 radical (unpaired) electrons. The normalized spacial score (nSPS) is 22.0. The lowest BCUT2D eigenvalue weighted by molar-refractivity contribution is 0.413. The van der Waals surface area contributed by atoms with Crippen LogP contribution in [-0.2, 0) is 0 Å². The Bertz CT molecular complexity index is 423. The molecule has 1 aromatic rings. The minimum Gasteiger partial charge on any atom is -0.497 e. The lowest BCUT2D eigenvalue weighted by Gasteiger charge is -2.22. The van der Waals surface area contributed by atoms with E-state index in [9.17, 15) is 0 Å². The van der Waals surface area contributed by atoms with E-state index in [1.54, 1.807) is 7.11 Å². The highest BCUT2D eigenvalue weighted by atomic mass is 32.2. The monoisotopic (exact) mass is 277 g/mol. The molecule has 2 fully saturated rings. The first kappa shape index (κ1) is 13.3. The maximum Gasteiger partial charge on any atom is 0.118 e. The van der Waals surface area contributed by atoms with Crippen molar-refractivity contribution < 1.29 is 4.74 Å². The Morgan fingerprint density at radius 3 is 2.47 bits per heavy atom. The second kappa shape index (κ2) is 5.37. The van der Waals surface area contributed by atoms with Crippen LogP contribution in [0.5, 0.6) is 5.75 Å². The van der Waals surface area contributed by atoms with Gasteiger partial charge in [-0.05, 0) is 55.6 Å². The quantitative estimate of drug-likeness (QED) is 0.822. The zero-order valence-corrected chi connectivity index (χ0v) is 12.6. The van der Waals surface area contributed by atoms with Crippen LogP contribution in [0.4, 0.5) is 0 Å². The van der Waals surface area contributed by atoms with Crippen LogP contribution in [0.1, 0.15) is 37.3 Å². The third kappa shape index (κ3) is 3.09. The number of nitrogens with one attached hydrogen (secondary N) is 1. The van der Waals surface area contributed by atoms with E-state index in [4.69, 9.17) is 4.74 Å². The predicted octanol–water partition coefficient (Wildman–Crippen LogP) is 3.63. The number of thioether (sulfide) groups is 1. The summed E-state index contributed by atoms with van der Waals surface area (Å²) in [6.45, 7) is 1.15. The first-order chi connectivity index (χ1) is 9.26. The van der Waals surface area contributed by atoms with Gasteiger partial charge in [0, 0.05) is 17.3 Å². The van der Waals surface area contributed by atoms with E-state index in [-0.39, 0.29) is 0 Å². The third-order valence-corrected chi connectivity index (χ3v) is 5.87. The van der Waals surface area contributed by atoms with Gasteiger partial charge in [-0.1, -0.05) is 12.1 Å². The lowest BCUT2D eigenvalue weighted by atomic mass is 10.0. The molecule has 0 spiro atoms. The molecule has 2 aliphatic carbocycles. The van der Waals surface area contributed by atoms with E-state index in [1.165, 1.54) is 31.2 Å². The van der Waals surface area contributed by atoms with Crippen LogP contribution in [0.15, 0.2) is 24.3 Å². The molecule has 0 amide bonds. The Morgan fingerprint density at radius 2 is 2.00 bits per heavy atom. The van der Waals surface area contributed by atoms with Gasteiger partial charge in [0.1, 0.15) is 5.75 Å². The molecular formula is C16H23NOS. The van der Waals surface area contributed by atoms with Crippen molar-refractivity contribution in [3.8, 4) is 5.75 Å². The molecule has 1 N–H and O–H groups in total. The third-order valence-electron chi connectivity index (χ3n) is 4.45. The fourth-order valence-electron chi connectivity index (χ4n) is 2.69. The molecule has 0 bridgehead atoms. The molecule has 1 atom stereocenters. The SMILES string of the molecule is COc1ccc(C(NCC2(SC)CC2)C2CC2)cc1. The van der Waals surface area contributed by atoms with Crippen LogP contribution < -0.4 is 10.1 Å². The summed E-state index contributed by atoms with van der Waals surface area (Å²) in [6, 6.07) is 9.12. The van der Waals surface area contributed by atoms with Crippen molar-refractivity contribution in [2.75, 3.05) is 19.9 Å². The van der Waals surface area contributed by atoms with Crippen molar-refractivity contribution in [3.63, 3.8) is 0 Å². The number of hydrogen-bond acceptors (Lipinski definition) is 3. The summed E-state index contributed by atoms with van der Waals surface area (Å²) in [5.74, 6) is 1.78. The van der Waals surface area contributed by atoms with E-state index < -0.39 is 0 Å². The van der Waals surface area contributed by atoms with Crippen LogP contribution in [0.2, 0.25) is 0 Å². The van der Waals surface area contributed by atoms with Gasteiger partial charge in [0.2, 0.25) is 0 Å². The molecule has 3 rings (SSSR count). The largest absolute Gasteiger partial charge is 0.497 e. The molecular weight excluding hydrogens is 254 g/mol. The lowest BCUT2D eigenvalue weighted by Crippen LogP contribution is -2.31. The van der Waals surface area contributed by atoms with Crippen molar-refractivity contribution in [1.29, 1.82) is 0 Å². The van der Waals surface area contributed by atoms with Gasteiger partial charge in [0.25, 0.3) is 0 Å². The average molecular weight is 277 g/mol. The van der Waals surface area contributed by atoms with Gasteiger partial charge in [-0.2, -0.15) is 11.8 Å². The zero-order chi connectivity index (χ0) is 13.3. The van der Waals surface area contributed by atoms with Gasteiger partial charge in [-0.25, -0.2) is 0 Å². The average Bonchev–Trinajstić information content (AvgIpc) is 3.35. The van der Waals surface area contributed by atoms with Crippen LogP contribution in [0, 0.1) is 5.92 Å². The second-order valence-electron chi connectivity index (χ2n) is 5.86. The summed E-state index contributed by atoms with van der Waals surface area (Å²) in [5, 5.41) is 3.83. The number of methoxy groups -OCH3 is 1. The number of benzene rings is 1. The molecule has 1 aromatic carbocycles. The molecule has 0 aromatic heterocycles.